The third kappa shape index (κ3) is 3.14. The van der Waals surface area contributed by atoms with Crippen molar-refractivity contribution in [1.82, 2.24) is 9.55 Å². The van der Waals surface area contributed by atoms with Gasteiger partial charge in [-0.2, -0.15) is 0 Å². The molecule has 0 fully saturated rings. The van der Waals surface area contributed by atoms with Crippen LogP contribution in [0, 0.1) is 5.82 Å². The Labute approximate surface area is 143 Å². The van der Waals surface area contributed by atoms with E-state index in [9.17, 15) is 9.18 Å². The predicted molar refractivity (Wildman–Crippen MR) is 93.6 cm³/mol. The van der Waals surface area contributed by atoms with Gasteiger partial charge in [0.1, 0.15) is 5.82 Å². The summed E-state index contributed by atoms with van der Waals surface area (Å²) in [6.45, 7) is 1.85. The van der Waals surface area contributed by atoms with E-state index in [-0.39, 0.29) is 17.5 Å². The van der Waals surface area contributed by atoms with Crippen LogP contribution in [0.2, 0.25) is 0 Å². The summed E-state index contributed by atoms with van der Waals surface area (Å²) in [6, 6.07) is 4.47. The second-order valence-electron chi connectivity index (χ2n) is 5.83. The summed E-state index contributed by atoms with van der Waals surface area (Å²) in [4.78, 5) is 20.7. The van der Waals surface area contributed by atoms with E-state index in [0.29, 0.717) is 22.8 Å². The van der Waals surface area contributed by atoms with Gasteiger partial charge in [0.2, 0.25) is 0 Å². The number of amides is 1. The lowest BCUT2D eigenvalue weighted by molar-refractivity contribution is 0.101. The Balaban J connectivity index is 1.91. The van der Waals surface area contributed by atoms with E-state index >= 15 is 0 Å². The number of aromatic nitrogens is 2. The SMILES string of the molecule is Cn1ccnc1C(=O)Nc1ccc(F)c([C@]2(C)CCSC(N)=N2)c1. The van der Waals surface area contributed by atoms with Gasteiger partial charge in [0.25, 0.3) is 5.91 Å². The van der Waals surface area contributed by atoms with Gasteiger partial charge in [-0.25, -0.2) is 9.37 Å². The van der Waals surface area contributed by atoms with Crippen molar-refractivity contribution >= 4 is 28.5 Å². The Morgan fingerprint density at radius 1 is 1.50 bits per heavy atom. The fourth-order valence-electron chi connectivity index (χ4n) is 2.67. The number of rotatable bonds is 3. The fraction of sp³-hybridized carbons (Fsp3) is 0.312. The summed E-state index contributed by atoms with van der Waals surface area (Å²) in [6.07, 6.45) is 3.90. The number of hydrogen-bond donors (Lipinski definition) is 2. The van der Waals surface area contributed by atoms with Crippen LogP contribution in [0.15, 0.2) is 35.6 Å². The molecule has 0 aliphatic carbocycles. The number of amidine groups is 1. The van der Waals surface area contributed by atoms with Crippen molar-refractivity contribution in [3.63, 3.8) is 0 Å². The zero-order valence-corrected chi connectivity index (χ0v) is 14.2. The molecule has 6 nitrogen and oxygen atoms in total. The second-order valence-corrected chi connectivity index (χ2v) is 6.95. The van der Waals surface area contributed by atoms with Crippen molar-refractivity contribution < 1.29 is 9.18 Å². The number of aryl methyl sites for hydroxylation is 1. The lowest BCUT2D eigenvalue weighted by Gasteiger charge is -2.30. The van der Waals surface area contributed by atoms with E-state index in [1.54, 1.807) is 30.1 Å². The highest BCUT2D eigenvalue weighted by atomic mass is 32.2. The van der Waals surface area contributed by atoms with Crippen molar-refractivity contribution in [2.75, 3.05) is 11.1 Å². The van der Waals surface area contributed by atoms with Crippen molar-refractivity contribution in [3.05, 3.63) is 47.8 Å². The van der Waals surface area contributed by atoms with Crippen LogP contribution in [-0.2, 0) is 12.6 Å². The molecule has 0 saturated heterocycles. The molecule has 1 aliphatic heterocycles. The van der Waals surface area contributed by atoms with Gasteiger partial charge in [-0.1, -0.05) is 11.8 Å². The maximum Gasteiger partial charge on any atom is 0.291 e. The summed E-state index contributed by atoms with van der Waals surface area (Å²) in [5.74, 6) is 0.335. The smallest absolute Gasteiger partial charge is 0.291 e. The number of imidazole rings is 1. The van der Waals surface area contributed by atoms with Gasteiger partial charge >= 0.3 is 0 Å². The Hall–Kier alpha value is -2.35. The molecule has 0 spiro atoms. The van der Waals surface area contributed by atoms with Crippen LogP contribution in [0.25, 0.3) is 0 Å². The molecule has 1 aromatic heterocycles. The molecule has 3 N–H and O–H groups in total. The highest BCUT2D eigenvalue weighted by Crippen LogP contribution is 2.37. The Morgan fingerprint density at radius 3 is 2.96 bits per heavy atom. The number of aliphatic imine (C=N–C) groups is 1. The zero-order chi connectivity index (χ0) is 17.3. The molecule has 0 bridgehead atoms. The number of hydrogen-bond acceptors (Lipinski definition) is 5. The Bertz CT molecular complexity index is 819. The van der Waals surface area contributed by atoms with Crippen LogP contribution in [-0.4, -0.2) is 26.4 Å². The molecular weight excluding hydrogens is 329 g/mol. The van der Waals surface area contributed by atoms with Gasteiger partial charge in [0.05, 0.1) is 5.54 Å². The van der Waals surface area contributed by atoms with E-state index in [0.717, 1.165) is 5.75 Å². The van der Waals surface area contributed by atoms with Gasteiger partial charge in [0, 0.05) is 36.4 Å². The van der Waals surface area contributed by atoms with Crippen LogP contribution in [0.1, 0.15) is 29.5 Å². The molecule has 0 saturated carbocycles. The van der Waals surface area contributed by atoms with Gasteiger partial charge in [-0.15, -0.1) is 0 Å². The summed E-state index contributed by atoms with van der Waals surface area (Å²) in [7, 11) is 1.73. The Morgan fingerprint density at radius 2 is 2.29 bits per heavy atom. The largest absolute Gasteiger partial charge is 0.379 e. The van der Waals surface area contributed by atoms with E-state index in [4.69, 9.17) is 5.73 Å². The first kappa shape index (κ1) is 16.5. The fourth-order valence-corrected chi connectivity index (χ4v) is 3.64. The molecule has 2 heterocycles. The maximum absolute atomic E-state index is 14.4. The van der Waals surface area contributed by atoms with Crippen LogP contribution in [0.5, 0.6) is 0 Å². The first-order valence-corrected chi connectivity index (χ1v) is 8.44. The molecule has 8 heteroatoms. The third-order valence-corrected chi connectivity index (χ3v) is 4.82. The minimum atomic E-state index is -0.733. The molecule has 0 unspecified atom stereocenters. The second kappa shape index (κ2) is 6.27. The normalized spacial score (nSPS) is 20.5. The highest BCUT2D eigenvalue weighted by Gasteiger charge is 2.32. The summed E-state index contributed by atoms with van der Waals surface area (Å²) in [5, 5.41) is 3.20. The topological polar surface area (TPSA) is 85.3 Å². The summed E-state index contributed by atoms with van der Waals surface area (Å²) < 4.78 is 16.0. The molecule has 3 rings (SSSR count). The maximum atomic E-state index is 14.4. The van der Waals surface area contributed by atoms with Crippen molar-refractivity contribution in [2.24, 2.45) is 17.8 Å². The molecule has 1 atom stereocenters. The lowest BCUT2D eigenvalue weighted by Crippen LogP contribution is -2.30. The van der Waals surface area contributed by atoms with Gasteiger partial charge in [0.15, 0.2) is 11.0 Å². The van der Waals surface area contributed by atoms with Crippen molar-refractivity contribution in [2.45, 2.75) is 18.9 Å². The molecule has 1 aromatic carbocycles. The number of anilines is 1. The number of carbonyl (C=O) groups excluding carboxylic acids is 1. The zero-order valence-electron chi connectivity index (χ0n) is 13.4. The lowest BCUT2D eigenvalue weighted by atomic mass is 9.89. The summed E-state index contributed by atoms with van der Waals surface area (Å²) >= 11 is 1.46. The molecule has 1 aliphatic rings. The van der Waals surface area contributed by atoms with Crippen molar-refractivity contribution in [1.29, 1.82) is 0 Å². The average Bonchev–Trinajstić information content (AvgIpc) is 2.95. The van der Waals surface area contributed by atoms with E-state index in [2.05, 4.69) is 15.3 Å². The molecule has 24 heavy (non-hydrogen) atoms. The van der Waals surface area contributed by atoms with Crippen LogP contribution >= 0.6 is 11.8 Å². The first-order valence-electron chi connectivity index (χ1n) is 7.46. The van der Waals surface area contributed by atoms with E-state index in [1.165, 1.54) is 23.9 Å². The van der Waals surface area contributed by atoms with Gasteiger partial charge < -0.3 is 15.6 Å². The highest BCUT2D eigenvalue weighted by molar-refractivity contribution is 8.13. The third-order valence-electron chi connectivity index (χ3n) is 4.02. The minimum absolute atomic E-state index is 0.281. The van der Waals surface area contributed by atoms with E-state index in [1.807, 2.05) is 6.92 Å². The molecular formula is C16H18FN5OS. The quantitative estimate of drug-likeness (QED) is 0.893. The number of benzene rings is 1. The van der Waals surface area contributed by atoms with Crippen LogP contribution < -0.4 is 11.1 Å². The van der Waals surface area contributed by atoms with Crippen LogP contribution in [0.4, 0.5) is 10.1 Å². The predicted octanol–water partition coefficient (Wildman–Crippen LogP) is 2.48. The average molecular weight is 347 g/mol. The number of nitrogens with zero attached hydrogens (tertiary/aromatic N) is 3. The number of carbonyl (C=O) groups is 1. The Kier molecular flexibility index (Phi) is 4.31. The molecule has 0 radical (unpaired) electrons. The number of nitrogens with one attached hydrogen (secondary N) is 1. The number of thioether (sulfide) groups is 1. The van der Waals surface area contributed by atoms with Gasteiger partial charge in [-0.05, 0) is 31.5 Å². The molecule has 126 valence electrons. The van der Waals surface area contributed by atoms with Gasteiger partial charge in [-0.3, -0.25) is 9.79 Å². The summed E-state index contributed by atoms with van der Waals surface area (Å²) in [5.41, 5.74) is 5.99. The van der Waals surface area contributed by atoms with Crippen molar-refractivity contribution in [3.8, 4) is 0 Å². The first-order chi connectivity index (χ1) is 11.4. The minimum Gasteiger partial charge on any atom is -0.379 e. The molecule has 1 amide bonds. The number of halogens is 1. The van der Waals surface area contributed by atoms with Crippen LogP contribution in [0.3, 0.4) is 0 Å². The monoisotopic (exact) mass is 347 g/mol. The van der Waals surface area contributed by atoms with E-state index < -0.39 is 5.54 Å². The molecule has 2 aromatic rings. The standard InChI is InChI=1S/C16H18FN5OS/c1-16(5-8-24-15(18)21-16)11-9-10(3-4-12(11)17)20-14(23)13-19-6-7-22(13)2/h3-4,6-7,9H,5,8H2,1-2H3,(H2,18,21)(H,20,23)/t16-/m0/s1. The number of nitrogens with two attached hydrogens (primary N) is 1.